The number of carboxylic acids is 1. The molecule has 8 nitrogen and oxygen atoms in total. The van der Waals surface area contributed by atoms with Gasteiger partial charge in [0.25, 0.3) is 0 Å². The quantitative estimate of drug-likeness (QED) is 0.289. The molecule has 0 spiro atoms. The van der Waals surface area contributed by atoms with Crippen LogP contribution in [0.1, 0.15) is 105 Å². The number of fused-ring (bicyclic) bond motifs is 5. The second-order valence-corrected chi connectivity index (χ2v) is 13.5. The number of aliphatic hydroxyl groups is 1. The molecule has 4 rings (SSSR count). The molecule has 0 heterocycles. The topological polar surface area (TPSA) is 119 Å². The summed E-state index contributed by atoms with van der Waals surface area (Å²) in [6, 6.07) is 0. The Kier molecular flexibility index (Phi) is 8.70. The molecule has 7 unspecified atom stereocenters. The smallest absolute Gasteiger partial charge is 0.481 e. The molecule has 216 valence electrons. The lowest BCUT2D eigenvalue weighted by Gasteiger charge is -2.61. The highest BCUT2D eigenvalue weighted by atomic mass is 16.8. The Morgan fingerprint density at radius 3 is 2.24 bits per heavy atom. The van der Waals surface area contributed by atoms with Gasteiger partial charge in [-0.1, -0.05) is 20.8 Å². The van der Waals surface area contributed by atoms with Gasteiger partial charge in [0.2, 0.25) is 6.29 Å². The molecule has 0 bridgehead atoms. The van der Waals surface area contributed by atoms with Gasteiger partial charge in [-0.05, 0) is 111 Å². The number of carbonyl (C=O) groups is 3. The Bertz CT molecular complexity index is 887. The lowest BCUT2D eigenvalue weighted by atomic mass is 9.44. The van der Waals surface area contributed by atoms with Crippen LogP contribution in [-0.2, 0) is 23.8 Å². The van der Waals surface area contributed by atoms with E-state index in [4.69, 9.17) is 19.3 Å². The lowest BCUT2D eigenvalue weighted by molar-refractivity contribution is -0.172. The van der Waals surface area contributed by atoms with Gasteiger partial charge in [0.15, 0.2) is 0 Å². The predicted molar refractivity (Wildman–Crippen MR) is 140 cm³/mol. The number of hydrogen-bond donors (Lipinski definition) is 2. The van der Waals surface area contributed by atoms with Crippen LogP contribution in [0, 0.1) is 46.3 Å². The monoisotopic (exact) mass is 536 g/mol. The zero-order valence-corrected chi connectivity index (χ0v) is 23.8. The van der Waals surface area contributed by atoms with Crippen LogP contribution >= 0.6 is 0 Å². The van der Waals surface area contributed by atoms with Crippen molar-refractivity contribution in [1.29, 1.82) is 0 Å². The van der Waals surface area contributed by atoms with E-state index in [9.17, 15) is 19.5 Å². The van der Waals surface area contributed by atoms with Crippen LogP contribution in [0.5, 0.6) is 0 Å². The van der Waals surface area contributed by atoms with E-state index >= 15 is 0 Å². The maximum atomic E-state index is 12.5. The standard InChI is InChI=1S/C30H48O8/c1-17(14-26(32)33)15-27(34)36-19(3)37-28(35)38-21-10-12-29(4)20(16-21)6-7-22-24-9-8-23(18(2)31)30(24,5)13-11-25(22)29/h17-25,31H,6-16H2,1-5H3,(H,32,33)/t17?,18?,19?,20-,21+,22?,23?,24-,25-,29?,30?/m0/s1. The van der Waals surface area contributed by atoms with E-state index in [0.717, 1.165) is 38.0 Å². The highest BCUT2D eigenvalue weighted by Gasteiger charge is 2.60. The van der Waals surface area contributed by atoms with Crippen molar-refractivity contribution >= 4 is 18.1 Å². The summed E-state index contributed by atoms with van der Waals surface area (Å²) < 4.78 is 16.0. The van der Waals surface area contributed by atoms with Crippen LogP contribution < -0.4 is 0 Å². The summed E-state index contributed by atoms with van der Waals surface area (Å²) in [4.78, 5) is 35.2. The summed E-state index contributed by atoms with van der Waals surface area (Å²) in [5.74, 6) is 1.13. The Morgan fingerprint density at radius 2 is 1.55 bits per heavy atom. The predicted octanol–water partition coefficient (Wildman–Crippen LogP) is 5.94. The molecule has 0 aromatic heterocycles. The molecule has 38 heavy (non-hydrogen) atoms. The minimum absolute atomic E-state index is 0.0558. The van der Waals surface area contributed by atoms with Crippen LogP contribution in [0.15, 0.2) is 0 Å². The van der Waals surface area contributed by atoms with Crippen molar-refractivity contribution in [2.75, 3.05) is 0 Å². The first-order chi connectivity index (χ1) is 17.8. The molecule has 0 aliphatic heterocycles. The third-order valence-corrected chi connectivity index (χ3v) is 11.1. The highest BCUT2D eigenvalue weighted by molar-refractivity contribution is 5.72. The molecule has 0 amide bonds. The van der Waals surface area contributed by atoms with Crippen LogP contribution in [0.25, 0.3) is 0 Å². The maximum absolute atomic E-state index is 12.5. The van der Waals surface area contributed by atoms with Gasteiger partial charge in [-0.15, -0.1) is 0 Å². The summed E-state index contributed by atoms with van der Waals surface area (Å²) in [6.07, 6.45) is 7.36. The molecule has 0 aromatic carbocycles. The third-order valence-electron chi connectivity index (χ3n) is 11.1. The second kappa shape index (κ2) is 11.3. The molecule has 4 aliphatic carbocycles. The van der Waals surface area contributed by atoms with E-state index in [1.54, 1.807) is 6.92 Å². The number of carboxylic acid groups (broad SMARTS) is 1. The molecule has 0 radical (unpaired) electrons. The SMILES string of the molecule is CC(CC(=O)O)CC(=O)OC(C)OC(=O)O[C@@H]1CCC2(C)[C@@H](CCC3[C@@H]4CCC(C(C)O)C4(C)CC[C@@H]32)C1. The zero-order valence-electron chi connectivity index (χ0n) is 23.8. The summed E-state index contributed by atoms with van der Waals surface area (Å²) in [5.41, 5.74) is 0.517. The Labute approximate surface area is 227 Å². The first kappa shape index (κ1) is 29.2. The average molecular weight is 537 g/mol. The number of esters is 1. The minimum atomic E-state index is -1.09. The van der Waals surface area contributed by atoms with Crippen LogP contribution in [0.2, 0.25) is 0 Å². The fourth-order valence-electron chi connectivity index (χ4n) is 9.37. The number of carbonyl (C=O) groups excluding carboxylic acids is 2. The van der Waals surface area contributed by atoms with Gasteiger partial charge in [0, 0.05) is 19.8 Å². The van der Waals surface area contributed by atoms with Crippen LogP contribution in [0.4, 0.5) is 4.79 Å². The van der Waals surface area contributed by atoms with E-state index < -0.39 is 24.4 Å². The van der Waals surface area contributed by atoms with E-state index in [1.165, 1.54) is 32.6 Å². The summed E-state index contributed by atoms with van der Waals surface area (Å²) in [6.45, 7) is 10.0. The van der Waals surface area contributed by atoms with Gasteiger partial charge in [-0.2, -0.15) is 0 Å². The van der Waals surface area contributed by atoms with Gasteiger partial charge in [0.1, 0.15) is 6.10 Å². The molecular weight excluding hydrogens is 488 g/mol. The van der Waals surface area contributed by atoms with Gasteiger partial charge in [-0.3, -0.25) is 9.59 Å². The van der Waals surface area contributed by atoms with E-state index in [2.05, 4.69) is 13.8 Å². The molecule has 4 aliphatic rings. The Hall–Kier alpha value is -1.83. The third kappa shape index (κ3) is 5.85. The molecular formula is C30H48O8. The molecule has 2 N–H and O–H groups in total. The van der Waals surface area contributed by atoms with Gasteiger partial charge < -0.3 is 24.4 Å². The normalized spacial score (nSPS) is 40.5. The maximum Gasteiger partial charge on any atom is 0.511 e. The first-order valence-corrected chi connectivity index (χ1v) is 14.8. The number of rotatable bonds is 8. The number of hydrogen-bond acceptors (Lipinski definition) is 7. The fraction of sp³-hybridized carbons (Fsp3) is 0.900. The first-order valence-electron chi connectivity index (χ1n) is 14.8. The number of aliphatic hydroxyl groups excluding tert-OH is 1. The van der Waals surface area contributed by atoms with Crippen molar-refractivity contribution in [3.05, 3.63) is 0 Å². The Balaban J connectivity index is 1.27. The van der Waals surface area contributed by atoms with Gasteiger partial charge in [-0.25, -0.2) is 4.79 Å². The molecule has 0 aromatic rings. The Morgan fingerprint density at radius 1 is 0.868 bits per heavy atom. The van der Waals surface area contributed by atoms with E-state index in [-0.39, 0.29) is 41.8 Å². The minimum Gasteiger partial charge on any atom is -0.481 e. The van der Waals surface area contributed by atoms with E-state index in [1.807, 2.05) is 6.92 Å². The van der Waals surface area contributed by atoms with Crippen molar-refractivity contribution in [3.63, 3.8) is 0 Å². The zero-order chi connectivity index (χ0) is 27.8. The highest BCUT2D eigenvalue weighted by Crippen LogP contribution is 2.67. The molecule has 11 atom stereocenters. The molecule has 0 saturated heterocycles. The summed E-state index contributed by atoms with van der Waals surface area (Å²) >= 11 is 0. The van der Waals surface area contributed by atoms with Crippen molar-refractivity contribution in [2.45, 2.75) is 124 Å². The van der Waals surface area contributed by atoms with E-state index in [0.29, 0.717) is 23.7 Å². The fourth-order valence-corrected chi connectivity index (χ4v) is 9.37. The molecule has 8 heteroatoms. The molecule has 4 saturated carbocycles. The second-order valence-electron chi connectivity index (χ2n) is 13.5. The van der Waals surface area contributed by atoms with Gasteiger partial charge >= 0.3 is 18.1 Å². The lowest BCUT2D eigenvalue weighted by Crippen LogP contribution is -2.54. The summed E-state index contributed by atoms with van der Waals surface area (Å²) in [7, 11) is 0. The largest absolute Gasteiger partial charge is 0.511 e. The van der Waals surface area contributed by atoms with Crippen LogP contribution in [0.3, 0.4) is 0 Å². The molecule has 4 fully saturated rings. The average Bonchev–Trinajstić information content (AvgIpc) is 3.15. The van der Waals surface area contributed by atoms with Crippen molar-refractivity contribution in [3.8, 4) is 0 Å². The van der Waals surface area contributed by atoms with Crippen molar-refractivity contribution in [1.82, 2.24) is 0 Å². The summed E-state index contributed by atoms with van der Waals surface area (Å²) in [5, 5.41) is 19.3. The van der Waals surface area contributed by atoms with Crippen LogP contribution in [-0.4, -0.2) is 46.8 Å². The number of ether oxygens (including phenoxy) is 3. The van der Waals surface area contributed by atoms with Gasteiger partial charge in [0.05, 0.1) is 6.10 Å². The van der Waals surface area contributed by atoms with Crippen molar-refractivity contribution in [2.24, 2.45) is 46.3 Å². The van der Waals surface area contributed by atoms with Crippen molar-refractivity contribution < 1.29 is 38.8 Å². The number of aliphatic carboxylic acids is 1.